The third-order valence-corrected chi connectivity index (χ3v) is 2.93. The van der Waals surface area contributed by atoms with Crippen LogP contribution in [0.15, 0.2) is 53.1 Å². The molecule has 0 aliphatic rings. The highest BCUT2D eigenvalue weighted by molar-refractivity contribution is 5.91. The zero-order valence-corrected chi connectivity index (χ0v) is 12.0. The van der Waals surface area contributed by atoms with Gasteiger partial charge in [0.1, 0.15) is 0 Å². The zero-order valence-electron chi connectivity index (χ0n) is 11.2. The van der Waals surface area contributed by atoms with Crippen molar-refractivity contribution in [1.82, 2.24) is 4.90 Å². The summed E-state index contributed by atoms with van der Waals surface area (Å²) in [7, 11) is 0. The number of nitrogens with zero attached hydrogens (tertiary/aromatic N) is 1. The Hall–Kier alpha value is -1.78. The predicted octanol–water partition coefficient (Wildman–Crippen LogP) is 2.34. The molecule has 2 rings (SSSR count). The van der Waals surface area contributed by atoms with Gasteiger partial charge in [0.15, 0.2) is 5.76 Å². The molecular formula is C15H19ClN2O2. The van der Waals surface area contributed by atoms with E-state index in [1.54, 1.807) is 17.0 Å². The molecule has 0 spiro atoms. The van der Waals surface area contributed by atoms with Crippen molar-refractivity contribution in [3.63, 3.8) is 0 Å². The lowest BCUT2D eigenvalue weighted by molar-refractivity contribution is 0.0730. The van der Waals surface area contributed by atoms with Crippen LogP contribution in [0.5, 0.6) is 0 Å². The van der Waals surface area contributed by atoms with Crippen LogP contribution in [0.2, 0.25) is 0 Å². The summed E-state index contributed by atoms with van der Waals surface area (Å²) in [6, 6.07) is 13.5. The van der Waals surface area contributed by atoms with Gasteiger partial charge in [0.25, 0.3) is 5.91 Å². The summed E-state index contributed by atoms with van der Waals surface area (Å²) in [6.45, 7) is 1.62. The maximum Gasteiger partial charge on any atom is 0.289 e. The summed E-state index contributed by atoms with van der Waals surface area (Å²) >= 11 is 0. The number of halogens is 1. The summed E-state index contributed by atoms with van der Waals surface area (Å²) in [4.78, 5) is 13.9. The van der Waals surface area contributed by atoms with Gasteiger partial charge >= 0.3 is 0 Å². The maximum absolute atomic E-state index is 12.2. The monoisotopic (exact) mass is 294 g/mol. The number of carbonyl (C=O) groups excluding carboxylic acids is 1. The van der Waals surface area contributed by atoms with E-state index in [0.29, 0.717) is 25.4 Å². The first-order chi connectivity index (χ1) is 9.31. The molecule has 0 aliphatic carbocycles. The van der Waals surface area contributed by atoms with Crippen molar-refractivity contribution in [2.75, 3.05) is 19.6 Å². The molecule has 1 aromatic heterocycles. The number of nitrogens with two attached hydrogens (primary N) is 1. The van der Waals surface area contributed by atoms with Crippen molar-refractivity contribution < 1.29 is 9.21 Å². The molecule has 20 heavy (non-hydrogen) atoms. The van der Waals surface area contributed by atoms with Gasteiger partial charge in [-0.3, -0.25) is 4.79 Å². The SMILES string of the molecule is Cl.NCCN(CCc1ccccc1)C(=O)c1ccco1. The molecule has 1 amide bonds. The molecule has 1 aromatic carbocycles. The molecule has 0 bridgehead atoms. The number of furan rings is 1. The van der Waals surface area contributed by atoms with Crippen LogP contribution in [0.4, 0.5) is 0 Å². The molecule has 2 N–H and O–H groups in total. The third kappa shape index (κ3) is 4.40. The van der Waals surface area contributed by atoms with E-state index >= 15 is 0 Å². The largest absolute Gasteiger partial charge is 0.459 e. The quantitative estimate of drug-likeness (QED) is 0.889. The topological polar surface area (TPSA) is 59.5 Å². The minimum Gasteiger partial charge on any atom is -0.459 e. The maximum atomic E-state index is 12.2. The van der Waals surface area contributed by atoms with Crippen molar-refractivity contribution in [3.8, 4) is 0 Å². The van der Waals surface area contributed by atoms with Crippen LogP contribution < -0.4 is 5.73 Å². The van der Waals surface area contributed by atoms with E-state index in [9.17, 15) is 4.79 Å². The Kier molecular flexibility index (Phi) is 6.84. The van der Waals surface area contributed by atoms with Gasteiger partial charge in [-0.1, -0.05) is 30.3 Å². The summed E-state index contributed by atoms with van der Waals surface area (Å²) in [5.74, 6) is 0.257. The van der Waals surface area contributed by atoms with Crippen molar-refractivity contribution in [3.05, 3.63) is 60.1 Å². The molecule has 5 heteroatoms. The second kappa shape index (κ2) is 8.40. The lowest BCUT2D eigenvalue weighted by Gasteiger charge is -2.20. The predicted molar refractivity (Wildman–Crippen MR) is 81.1 cm³/mol. The molecule has 2 aromatic rings. The first-order valence-electron chi connectivity index (χ1n) is 6.38. The van der Waals surface area contributed by atoms with Gasteiger partial charge in [-0.25, -0.2) is 0 Å². The summed E-state index contributed by atoms with van der Waals surface area (Å²) in [5, 5.41) is 0. The average molecular weight is 295 g/mol. The highest BCUT2D eigenvalue weighted by Gasteiger charge is 2.17. The van der Waals surface area contributed by atoms with Crippen LogP contribution in [0, 0.1) is 0 Å². The highest BCUT2D eigenvalue weighted by Crippen LogP contribution is 2.07. The molecule has 0 fully saturated rings. The molecule has 108 valence electrons. The number of amides is 1. The average Bonchev–Trinajstić information content (AvgIpc) is 2.98. The Morgan fingerprint density at radius 2 is 1.85 bits per heavy atom. The Bertz CT molecular complexity index is 500. The summed E-state index contributed by atoms with van der Waals surface area (Å²) in [5.41, 5.74) is 6.77. The van der Waals surface area contributed by atoms with Crippen molar-refractivity contribution in [1.29, 1.82) is 0 Å². The third-order valence-electron chi connectivity index (χ3n) is 2.93. The Balaban J connectivity index is 0.00000200. The van der Waals surface area contributed by atoms with Crippen LogP contribution in [0.25, 0.3) is 0 Å². The van der Waals surface area contributed by atoms with Crippen molar-refractivity contribution >= 4 is 18.3 Å². The zero-order chi connectivity index (χ0) is 13.5. The van der Waals surface area contributed by atoms with Gasteiger partial charge in [-0.2, -0.15) is 0 Å². The molecule has 0 unspecified atom stereocenters. The molecule has 0 saturated heterocycles. The first-order valence-corrected chi connectivity index (χ1v) is 6.38. The van der Waals surface area contributed by atoms with Crippen LogP contribution in [-0.4, -0.2) is 30.4 Å². The van der Waals surface area contributed by atoms with Crippen LogP contribution in [-0.2, 0) is 6.42 Å². The Morgan fingerprint density at radius 1 is 1.10 bits per heavy atom. The molecule has 0 aliphatic heterocycles. The van der Waals surface area contributed by atoms with Crippen molar-refractivity contribution in [2.45, 2.75) is 6.42 Å². The van der Waals surface area contributed by atoms with E-state index in [0.717, 1.165) is 6.42 Å². The van der Waals surface area contributed by atoms with Gasteiger partial charge in [-0.15, -0.1) is 12.4 Å². The fourth-order valence-electron chi connectivity index (χ4n) is 1.94. The molecule has 0 atom stereocenters. The molecule has 1 heterocycles. The number of rotatable bonds is 6. The fourth-order valence-corrected chi connectivity index (χ4v) is 1.94. The molecule has 0 radical (unpaired) electrons. The Morgan fingerprint density at radius 3 is 2.45 bits per heavy atom. The van der Waals surface area contributed by atoms with E-state index in [2.05, 4.69) is 12.1 Å². The highest BCUT2D eigenvalue weighted by atomic mass is 35.5. The van der Waals surface area contributed by atoms with Crippen LogP contribution in [0.3, 0.4) is 0 Å². The Labute approximate surface area is 125 Å². The van der Waals surface area contributed by atoms with Gasteiger partial charge < -0.3 is 15.1 Å². The minimum absolute atomic E-state index is 0. The number of hydrogen-bond donors (Lipinski definition) is 1. The van der Waals surface area contributed by atoms with E-state index in [1.165, 1.54) is 11.8 Å². The molecule has 4 nitrogen and oxygen atoms in total. The van der Waals surface area contributed by atoms with E-state index in [1.807, 2.05) is 18.2 Å². The van der Waals surface area contributed by atoms with Gasteiger partial charge in [0.2, 0.25) is 0 Å². The second-order valence-electron chi connectivity index (χ2n) is 4.29. The van der Waals surface area contributed by atoms with E-state index in [-0.39, 0.29) is 18.3 Å². The van der Waals surface area contributed by atoms with Crippen LogP contribution in [0.1, 0.15) is 16.1 Å². The van der Waals surface area contributed by atoms with Gasteiger partial charge in [0.05, 0.1) is 6.26 Å². The number of hydrogen-bond acceptors (Lipinski definition) is 3. The summed E-state index contributed by atoms with van der Waals surface area (Å²) in [6.07, 6.45) is 2.32. The van der Waals surface area contributed by atoms with E-state index in [4.69, 9.17) is 10.2 Å². The standard InChI is InChI=1S/C15H18N2O2.ClH/c16-9-11-17(15(18)14-7-4-12-19-14)10-8-13-5-2-1-3-6-13;/h1-7,12H,8-11,16H2;1H. The van der Waals surface area contributed by atoms with E-state index < -0.39 is 0 Å². The van der Waals surface area contributed by atoms with Gasteiger partial charge in [0, 0.05) is 19.6 Å². The molecule has 0 saturated carbocycles. The lowest BCUT2D eigenvalue weighted by atomic mass is 10.1. The number of carbonyl (C=O) groups is 1. The van der Waals surface area contributed by atoms with Gasteiger partial charge in [-0.05, 0) is 24.1 Å². The molecular weight excluding hydrogens is 276 g/mol. The fraction of sp³-hybridized carbons (Fsp3) is 0.267. The number of benzene rings is 1. The van der Waals surface area contributed by atoms with Crippen molar-refractivity contribution in [2.24, 2.45) is 5.73 Å². The van der Waals surface area contributed by atoms with Crippen LogP contribution >= 0.6 is 12.4 Å². The smallest absolute Gasteiger partial charge is 0.289 e. The first kappa shape index (κ1) is 16.3. The lowest BCUT2D eigenvalue weighted by Crippen LogP contribution is -2.36. The minimum atomic E-state index is -0.105. The second-order valence-corrected chi connectivity index (χ2v) is 4.29. The summed E-state index contributed by atoms with van der Waals surface area (Å²) < 4.78 is 5.14. The normalized spacial score (nSPS) is 9.85.